The van der Waals surface area contributed by atoms with Gasteiger partial charge < -0.3 is 9.84 Å². The van der Waals surface area contributed by atoms with Gasteiger partial charge in [0.05, 0.1) is 17.2 Å². The number of thioether (sulfide) groups is 1. The number of aromatic nitrogens is 2. The summed E-state index contributed by atoms with van der Waals surface area (Å²) in [6.07, 6.45) is 5.56. The fraction of sp³-hybridized carbons (Fsp3) is 0.259. The molecule has 1 aromatic heterocycles. The Labute approximate surface area is 223 Å². The third-order valence-corrected chi connectivity index (χ3v) is 7.08. The summed E-state index contributed by atoms with van der Waals surface area (Å²) in [7, 11) is 0. The molecule has 1 saturated heterocycles. The van der Waals surface area contributed by atoms with Crippen LogP contribution in [0.2, 0.25) is 0 Å². The molecule has 1 fully saturated rings. The van der Waals surface area contributed by atoms with Crippen LogP contribution in [0.15, 0.2) is 59.6 Å². The third kappa shape index (κ3) is 6.44. The normalized spacial score (nSPS) is 14.5. The molecule has 10 heteroatoms. The molecular formula is C27H26FN3O4S2. The van der Waals surface area contributed by atoms with Gasteiger partial charge in [-0.2, -0.15) is 5.10 Å². The van der Waals surface area contributed by atoms with Gasteiger partial charge in [0.1, 0.15) is 10.0 Å². The van der Waals surface area contributed by atoms with Crippen molar-refractivity contribution in [3.05, 3.63) is 71.0 Å². The number of benzene rings is 2. The first kappa shape index (κ1) is 26.6. The summed E-state index contributed by atoms with van der Waals surface area (Å²) in [5.74, 6) is -1.36. The van der Waals surface area contributed by atoms with E-state index in [1.54, 1.807) is 40.9 Å². The number of carboxylic acids is 1. The number of rotatable bonds is 11. The highest BCUT2D eigenvalue weighted by Gasteiger charge is 2.32. The molecule has 7 nitrogen and oxygen atoms in total. The average Bonchev–Trinajstić information content (AvgIpc) is 3.41. The highest BCUT2D eigenvalue weighted by Crippen LogP contribution is 2.35. The van der Waals surface area contributed by atoms with Crippen molar-refractivity contribution >= 4 is 46.3 Å². The first-order chi connectivity index (χ1) is 17.9. The Balaban J connectivity index is 1.62. The van der Waals surface area contributed by atoms with Crippen LogP contribution in [0.3, 0.4) is 0 Å². The van der Waals surface area contributed by atoms with E-state index in [4.69, 9.17) is 27.2 Å². The average molecular weight is 540 g/mol. The molecule has 1 amide bonds. The van der Waals surface area contributed by atoms with Crippen LogP contribution in [0.5, 0.6) is 5.75 Å². The first-order valence-electron chi connectivity index (χ1n) is 11.9. The Morgan fingerprint density at radius 1 is 1.19 bits per heavy atom. The molecule has 2 aromatic carbocycles. The Kier molecular flexibility index (Phi) is 8.73. The minimum absolute atomic E-state index is 0.110. The van der Waals surface area contributed by atoms with Crippen molar-refractivity contribution in [2.45, 2.75) is 32.6 Å². The van der Waals surface area contributed by atoms with Crippen molar-refractivity contribution in [2.24, 2.45) is 0 Å². The van der Waals surface area contributed by atoms with Crippen molar-refractivity contribution in [1.29, 1.82) is 0 Å². The van der Waals surface area contributed by atoms with E-state index in [1.807, 2.05) is 30.3 Å². The number of ether oxygens (including phenoxy) is 1. The van der Waals surface area contributed by atoms with Gasteiger partial charge in [-0.3, -0.25) is 14.5 Å². The lowest BCUT2D eigenvalue weighted by Crippen LogP contribution is -2.29. The fourth-order valence-electron chi connectivity index (χ4n) is 3.91. The van der Waals surface area contributed by atoms with E-state index in [0.29, 0.717) is 58.5 Å². The molecule has 37 heavy (non-hydrogen) atoms. The second kappa shape index (κ2) is 12.2. The molecule has 0 saturated carbocycles. The highest BCUT2D eigenvalue weighted by atomic mass is 32.2. The van der Waals surface area contributed by atoms with E-state index in [-0.39, 0.29) is 18.1 Å². The quantitative estimate of drug-likeness (QED) is 0.184. The summed E-state index contributed by atoms with van der Waals surface area (Å²) in [6.45, 7) is 2.58. The zero-order chi connectivity index (χ0) is 26.4. The van der Waals surface area contributed by atoms with E-state index in [1.165, 1.54) is 17.8 Å². The van der Waals surface area contributed by atoms with Crippen LogP contribution in [0.25, 0.3) is 23.0 Å². The largest absolute Gasteiger partial charge is 0.491 e. The smallest absolute Gasteiger partial charge is 0.303 e. The zero-order valence-electron chi connectivity index (χ0n) is 20.2. The van der Waals surface area contributed by atoms with Gasteiger partial charge in [0.2, 0.25) is 0 Å². The maximum absolute atomic E-state index is 14.7. The van der Waals surface area contributed by atoms with E-state index < -0.39 is 11.8 Å². The molecule has 1 aliphatic rings. The van der Waals surface area contributed by atoms with Crippen LogP contribution >= 0.6 is 24.0 Å². The van der Waals surface area contributed by atoms with Gasteiger partial charge in [-0.05, 0) is 56.2 Å². The monoisotopic (exact) mass is 539 g/mol. The van der Waals surface area contributed by atoms with Crippen molar-refractivity contribution in [3.8, 4) is 22.7 Å². The molecule has 3 aromatic rings. The number of aliphatic carboxylic acids is 1. The maximum Gasteiger partial charge on any atom is 0.303 e. The predicted octanol–water partition coefficient (Wildman–Crippen LogP) is 5.92. The fourth-order valence-corrected chi connectivity index (χ4v) is 5.21. The summed E-state index contributed by atoms with van der Waals surface area (Å²) in [4.78, 5) is 25.8. The van der Waals surface area contributed by atoms with Crippen LogP contribution < -0.4 is 4.74 Å². The van der Waals surface area contributed by atoms with Crippen molar-refractivity contribution in [1.82, 2.24) is 14.7 Å². The lowest BCUT2D eigenvalue weighted by Gasteiger charge is -2.13. The second-order valence-electron chi connectivity index (χ2n) is 8.33. The Hall–Kier alpha value is -3.50. The highest BCUT2D eigenvalue weighted by molar-refractivity contribution is 8.26. The predicted molar refractivity (Wildman–Crippen MR) is 146 cm³/mol. The van der Waals surface area contributed by atoms with E-state index in [9.17, 15) is 14.0 Å². The summed E-state index contributed by atoms with van der Waals surface area (Å²) >= 11 is 6.65. The van der Waals surface area contributed by atoms with Crippen molar-refractivity contribution in [2.75, 3.05) is 13.2 Å². The number of nitrogens with zero attached hydrogens (tertiary/aromatic N) is 3. The van der Waals surface area contributed by atoms with E-state index >= 15 is 0 Å². The number of halogens is 1. The number of thiocarbonyl (C=S) groups is 1. The molecule has 0 unspecified atom stereocenters. The summed E-state index contributed by atoms with van der Waals surface area (Å²) in [5.41, 5.74) is 2.54. The summed E-state index contributed by atoms with van der Waals surface area (Å²) in [6, 6.07) is 14.2. The molecule has 0 spiro atoms. The number of amides is 1. The topological polar surface area (TPSA) is 84.7 Å². The van der Waals surface area contributed by atoms with E-state index in [2.05, 4.69) is 0 Å². The molecule has 1 aliphatic heterocycles. The minimum atomic E-state index is -0.826. The molecule has 1 N–H and O–H groups in total. The van der Waals surface area contributed by atoms with Gasteiger partial charge in [0.25, 0.3) is 5.91 Å². The maximum atomic E-state index is 14.7. The van der Waals surface area contributed by atoms with Crippen LogP contribution in [0.4, 0.5) is 4.39 Å². The summed E-state index contributed by atoms with van der Waals surface area (Å²) in [5, 5.41) is 13.5. The van der Waals surface area contributed by atoms with Gasteiger partial charge >= 0.3 is 5.97 Å². The Bertz CT molecular complexity index is 1340. The van der Waals surface area contributed by atoms with Gasteiger partial charge in [-0.1, -0.05) is 48.6 Å². The zero-order valence-corrected chi connectivity index (χ0v) is 21.9. The third-order valence-electron chi connectivity index (χ3n) is 5.70. The summed E-state index contributed by atoms with van der Waals surface area (Å²) < 4.78 is 22.2. The second-order valence-corrected chi connectivity index (χ2v) is 10.0. The van der Waals surface area contributed by atoms with Gasteiger partial charge in [0, 0.05) is 30.3 Å². The van der Waals surface area contributed by atoms with Crippen molar-refractivity contribution < 1.29 is 23.8 Å². The van der Waals surface area contributed by atoms with Crippen LogP contribution in [0.1, 0.15) is 38.2 Å². The van der Waals surface area contributed by atoms with Crippen molar-refractivity contribution in [3.63, 3.8) is 0 Å². The minimum Gasteiger partial charge on any atom is -0.491 e. The molecule has 0 aliphatic carbocycles. The number of carbonyl (C=O) groups is 2. The molecule has 0 atom stereocenters. The number of carbonyl (C=O) groups excluding carboxylic acids is 1. The van der Waals surface area contributed by atoms with Gasteiger partial charge in [-0.15, -0.1) is 0 Å². The number of hydrogen-bond donors (Lipinski definition) is 1. The lowest BCUT2D eigenvalue weighted by atomic mass is 10.1. The molecular weight excluding hydrogens is 513 g/mol. The van der Waals surface area contributed by atoms with Crippen LogP contribution in [-0.2, 0) is 9.59 Å². The number of unbranched alkanes of at least 4 members (excludes halogenated alkanes) is 2. The lowest BCUT2D eigenvalue weighted by molar-refractivity contribution is -0.137. The first-order valence-corrected chi connectivity index (χ1v) is 13.1. The Morgan fingerprint density at radius 3 is 2.68 bits per heavy atom. The number of carboxylic acid groups (broad SMARTS) is 1. The Morgan fingerprint density at radius 2 is 1.97 bits per heavy atom. The number of hydrogen-bond acceptors (Lipinski definition) is 6. The molecule has 192 valence electrons. The van der Waals surface area contributed by atoms with Crippen LogP contribution in [0, 0.1) is 5.82 Å². The van der Waals surface area contributed by atoms with Gasteiger partial charge in [0.15, 0.2) is 11.6 Å². The SMILES string of the molecule is CCOc1ccc(-c2nn(-c3ccccc3)cc2C=C2SC(=S)N(CCCCCC(=O)O)C2=O)cc1F. The molecule has 4 rings (SSSR count). The number of para-hydroxylation sites is 1. The molecule has 2 heterocycles. The molecule has 0 radical (unpaired) electrons. The molecule has 0 bridgehead atoms. The standard InChI is InChI=1S/C27H26FN3O4S2/c1-2-35-22-13-12-18(15-21(22)28)25-19(17-31(29-25)20-9-5-3-6-10-20)16-23-26(34)30(27(36)37-23)14-8-4-7-11-24(32)33/h3,5-6,9-10,12-13,15-17H,2,4,7-8,11,14H2,1H3,(H,32,33). The van der Waals surface area contributed by atoms with Crippen LogP contribution in [-0.4, -0.2) is 49.1 Å². The van der Waals surface area contributed by atoms with E-state index in [0.717, 1.165) is 5.69 Å². The van der Waals surface area contributed by atoms with Gasteiger partial charge in [-0.25, -0.2) is 9.07 Å².